The number of benzene rings is 5. The summed E-state index contributed by atoms with van der Waals surface area (Å²) >= 11 is 0. The highest BCUT2D eigenvalue weighted by molar-refractivity contribution is 6.06. The van der Waals surface area contributed by atoms with Gasteiger partial charge in [0.25, 0.3) is 0 Å². The number of rotatable bonds is 2. The molecular weight excluding hydrogens is 436 g/mol. The van der Waals surface area contributed by atoms with Gasteiger partial charge in [-0.1, -0.05) is 108 Å². The van der Waals surface area contributed by atoms with E-state index in [1.807, 2.05) is 0 Å². The Balaban J connectivity index is 1.53. The van der Waals surface area contributed by atoms with E-state index in [1.165, 1.54) is 49.7 Å². The van der Waals surface area contributed by atoms with Gasteiger partial charge < -0.3 is 4.74 Å². The Kier molecular flexibility index (Phi) is 4.69. The lowest BCUT2D eigenvalue weighted by Gasteiger charge is -2.39. The van der Waals surface area contributed by atoms with Crippen LogP contribution in [-0.4, -0.2) is 0 Å². The summed E-state index contributed by atoms with van der Waals surface area (Å²) in [5.74, 6) is 1.03. The van der Waals surface area contributed by atoms with Gasteiger partial charge >= 0.3 is 0 Å². The number of ether oxygens (including phenoxy) is 1. The van der Waals surface area contributed by atoms with Crippen LogP contribution < -0.4 is 4.74 Å². The van der Waals surface area contributed by atoms with Crippen molar-refractivity contribution in [3.8, 4) is 16.9 Å². The van der Waals surface area contributed by atoms with Crippen LogP contribution in [0.3, 0.4) is 0 Å². The predicted molar refractivity (Wildman–Crippen MR) is 150 cm³/mol. The van der Waals surface area contributed by atoms with Crippen molar-refractivity contribution < 1.29 is 4.74 Å². The highest BCUT2D eigenvalue weighted by Gasteiger charge is 2.39. The summed E-state index contributed by atoms with van der Waals surface area (Å²) in [5, 5.41) is 2.56. The van der Waals surface area contributed by atoms with Crippen molar-refractivity contribution in [1.82, 2.24) is 0 Å². The summed E-state index contributed by atoms with van der Waals surface area (Å²) in [6.07, 6.45) is 6.58. The SMILES string of the molecule is Cc1ccc(C2(c3ccc(C)cc3)C=Cc3c(c4c(c5ccccc35)-c3ccccc3CC4)O2)cc1. The van der Waals surface area contributed by atoms with Gasteiger partial charge in [-0.15, -0.1) is 0 Å². The lowest BCUT2D eigenvalue weighted by molar-refractivity contribution is 0.159. The summed E-state index contributed by atoms with van der Waals surface area (Å²) in [7, 11) is 0. The average Bonchev–Trinajstić information content (AvgIpc) is 2.93. The van der Waals surface area contributed by atoms with Crippen LogP contribution in [-0.2, 0) is 18.4 Å². The van der Waals surface area contributed by atoms with Crippen molar-refractivity contribution >= 4 is 16.8 Å². The second kappa shape index (κ2) is 7.96. The molecule has 1 heterocycles. The van der Waals surface area contributed by atoms with Gasteiger partial charge in [0, 0.05) is 22.3 Å². The molecule has 5 aromatic rings. The Bertz CT molecular complexity index is 1610. The zero-order valence-electron chi connectivity index (χ0n) is 20.7. The molecule has 0 N–H and O–H groups in total. The Morgan fingerprint density at radius 2 is 1.25 bits per heavy atom. The molecule has 1 heteroatoms. The maximum absolute atomic E-state index is 7.31. The molecule has 1 aliphatic carbocycles. The van der Waals surface area contributed by atoms with E-state index in [1.54, 1.807) is 0 Å². The van der Waals surface area contributed by atoms with Crippen molar-refractivity contribution in [3.63, 3.8) is 0 Å². The van der Waals surface area contributed by atoms with Gasteiger partial charge in [0.05, 0.1) is 0 Å². The van der Waals surface area contributed by atoms with Gasteiger partial charge in [0.2, 0.25) is 0 Å². The fourth-order valence-electron chi connectivity index (χ4n) is 6.04. The van der Waals surface area contributed by atoms with Gasteiger partial charge in [-0.2, -0.15) is 0 Å². The van der Waals surface area contributed by atoms with Crippen LogP contribution in [0.1, 0.15) is 38.9 Å². The van der Waals surface area contributed by atoms with Gasteiger partial charge in [0.15, 0.2) is 5.60 Å². The molecule has 0 saturated carbocycles. The van der Waals surface area contributed by atoms with Crippen molar-refractivity contribution in [2.24, 2.45) is 0 Å². The minimum absolute atomic E-state index is 0.679. The highest BCUT2D eigenvalue weighted by Crippen LogP contribution is 2.51. The maximum Gasteiger partial charge on any atom is 0.178 e. The van der Waals surface area contributed by atoms with Crippen LogP contribution in [0.4, 0.5) is 0 Å². The first-order valence-corrected chi connectivity index (χ1v) is 12.8. The van der Waals surface area contributed by atoms with E-state index in [4.69, 9.17) is 4.74 Å². The van der Waals surface area contributed by atoms with Gasteiger partial charge in [0.1, 0.15) is 5.75 Å². The molecule has 7 rings (SSSR count). The van der Waals surface area contributed by atoms with E-state index in [9.17, 15) is 0 Å². The first kappa shape index (κ1) is 21.2. The summed E-state index contributed by atoms with van der Waals surface area (Å²) in [4.78, 5) is 0. The molecule has 0 saturated heterocycles. The number of hydrogen-bond acceptors (Lipinski definition) is 1. The maximum atomic E-state index is 7.31. The van der Waals surface area contributed by atoms with E-state index in [0.29, 0.717) is 0 Å². The standard InChI is InChI=1S/C35H28O/c1-23-11-16-26(17-12-23)35(27-18-13-24(2)14-19-27)22-21-31-29-9-5-6-10-30(29)33-28-8-4-3-7-25(28)15-20-32(33)34(31)36-35/h3-14,16-19,21-22H,15,20H2,1-2H3. The zero-order chi connectivity index (χ0) is 24.3. The van der Waals surface area contributed by atoms with Gasteiger partial charge in [-0.25, -0.2) is 0 Å². The van der Waals surface area contributed by atoms with Gasteiger partial charge in [-0.3, -0.25) is 0 Å². The molecule has 0 unspecified atom stereocenters. The molecule has 0 spiro atoms. The van der Waals surface area contributed by atoms with E-state index >= 15 is 0 Å². The number of hydrogen-bond donors (Lipinski definition) is 0. The molecule has 0 fully saturated rings. The first-order valence-electron chi connectivity index (χ1n) is 12.8. The van der Waals surface area contributed by atoms with E-state index in [0.717, 1.165) is 29.7 Å². The lowest BCUT2D eigenvalue weighted by Crippen LogP contribution is -2.35. The molecule has 2 aliphatic rings. The van der Waals surface area contributed by atoms with E-state index < -0.39 is 5.60 Å². The molecule has 1 nitrogen and oxygen atoms in total. The molecule has 36 heavy (non-hydrogen) atoms. The van der Waals surface area contributed by atoms with Crippen LogP contribution in [0.25, 0.3) is 28.0 Å². The van der Waals surface area contributed by atoms with Crippen molar-refractivity contribution in [1.29, 1.82) is 0 Å². The molecule has 1 aliphatic heterocycles. The number of fused-ring (bicyclic) bond motifs is 8. The third kappa shape index (κ3) is 3.09. The summed E-state index contributed by atoms with van der Waals surface area (Å²) < 4.78 is 7.31. The Morgan fingerprint density at radius 1 is 0.639 bits per heavy atom. The van der Waals surface area contributed by atoms with E-state index in [-0.39, 0.29) is 0 Å². The Hall–Kier alpha value is -4.10. The lowest BCUT2D eigenvalue weighted by atomic mass is 9.78. The van der Waals surface area contributed by atoms with Crippen LogP contribution in [0.5, 0.6) is 5.75 Å². The average molecular weight is 465 g/mol. The number of aryl methyl sites for hydroxylation is 3. The highest BCUT2D eigenvalue weighted by atomic mass is 16.5. The third-order valence-electron chi connectivity index (χ3n) is 7.95. The van der Waals surface area contributed by atoms with Crippen LogP contribution in [0.15, 0.2) is 103 Å². The zero-order valence-corrected chi connectivity index (χ0v) is 20.7. The minimum Gasteiger partial charge on any atom is -0.473 e. The minimum atomic E-state index is -0.679. The van der Waals surface area contributed by atoms with Crippen molar-refractivity contribution in [2.45, 2.75) is 32.3 Å². The molecule has 0 bridgehead atoms. The van der Waals surface area contributed by atoms with Crippen LogP contribution >= 0.6 is 0 Å². The fourth-order valence-corrected chi connectivity index (χ4v) is 6.04. The Labute approximate surface area is 212 Å². The Morgan fingerprint density at radius 3 is 1.94 bits per heavy atom. The monoisotopic (exact) mass is 464 g/mol. The molecule has 0 amide bonds. The van der Waals surface area contributed by atoms with E-state index in [2.05, 4.69) is 123 Å². The summed E-state index contributed by atoms with van der Waals surface area (Å²) in [6, 6.07) is 35.3. The summed E-state index contributed by atoms with van der Waals surface area (Å²) in [6.45, 7) is 4.27. The fraction of sp³-hybridized carbons (Fsp3) is 0.143. The second-order valence-corrected chi connectivity index (χ2v) is 10.2. The normalized spacial score (nSPS) is 15.1. The molecule has 0 atom stereocenters. The largest absolute Gasteiger partial charge is 0.473 e. The third-order valence-corrected chi connectivity index (χ3v) is 7.95. The smallest absolute Gasteiger partial charge is 0.178 e. The topological polar surface area (TPSA) is 9.23 Å². The summed E-state index contributed by atoms with van der Waals surface area (Å²) in [5.41, 5.74) is 10.7. The van der Waals surface area contributed by atoms with Crippen LogP contribution in [0, 0.1) is 13.8 Å². The predicted octanol–water partition coefficient (Wildman–Crippen LogP) is 8.57. The van der Waals surface area contributed by atoms with Crippen molar-refractivity contribution in [2.75, 3.05) is 0 Å². The molecule has 0 aromatic heterocycles. The second-order valence-electron chi connectivity index (χ2n) is 10.2. The molecule has 0 radical (unpaired) electrons. The molecule has 5 aromatic carbocycles. The molecule has 174 valence electrons. The quantitative estimate of drug-likeness (QED) is 0.254. The first-order chi connectivity index (χ1) is 17.6. The van der Waals surface area contributed by atoms with Crippen LogP contribution in [0.2, 0.25) is 0 Å². The molecular formula is C35H28O. The van der Waals surface area contributed by atoms with Crippen molar-refractivity contribution in [3.05, 3.63) is 142 Å². The van der Waals surface area contributed by atoms with Gasteiger partial charge in [-0.05, 0) is 66.3 Å².